The van der Waals surface area contributed by atoms with Gasteiger partial charge in [0, 0.05) is 17.4 Å². The van der Waals surface area contributed by atoms with Gasteiger partial charge in [-0.15, -0.1) is 10.2 Å². The molecule has 0 amide bonds. The van der Waals surface area contributed by atoms with Gasteiger partial charge in [-0.05, 0) is 32.8 Å². The summed E-state index contributed by atoms with van der Waals surface area (Å²) in [5, 5.41) is 17.2. The molecule has 0 aromatic carbocycles. The van der Waals surface area contributed by atoms with E-state index < -0.39 is 15.5 Å². The first kappa shape index (κ1) is 14.1. The molecule has 0 aliphatic carbocycles. The van der Waals surface area contributed by atoms with Gasteiger partial charge in [0.1, 0.15) is 0 Å². The van der Waals surface area contributed by atoms with Crippen molar-refractivity contribution in [3.63, 3.8) is 0 Å². The summed E-state index contributed by atoms with van der Waals surface area (Å²) < 4.78 is 16.8. The van der Waals surface area contributed by atoms with Gasteiger partial charge in [0.05, 0.1) is 17.9 Å². The summed E-state index contributed by atoms with van der Waals surface area (Å²) in [5.41, 5.74) is 0.715. The van der Waals surface area contributed by atoms with Crippen molar-refractivity contribution in [3.05, 3.63) is 11.6 Å². The maximum Gasteiger partial charge on any atom is 0.233 e. The number of rotatable bonds is 4. The number of aromatic nitrogens is 2. The molecule has 0 aliphatic rings. The Kier molecular flexibility index (Phi) is 4.59. The molecule has 5 nitrogen and oxygen atoms in total. The lowest BCUT2D eigenvalue weighted by Gasteiger charge is -2.18. The lowest BCUT2D eigenvalue weighted by atomic mass is 10.2. The molecule has 1 rings (SSSR count). The molecule has 6 heteroatoms. The van der Waals surface area contributed by atoms with Crippen LogP contribution >= 0.6 is 0 Å². The van der Waals surface area contributed by atoms with Crippen LogP contribution in [-0.2, 0) is 17.2 Å². The molecule has 1 heterocycles. The first-order valence-electron chi connectivity index (χ1n) is 5.33. The van der Waals surface area contributed by atoms with Crippen LogP contribution in [0.3, 0.4) is 0 Å². The molecule has 1 aromatic rings. The Morgan fingerprint density at radius 2 is 2.06 bits per heavy atom. The van der Waals surface area contributed by atoms with E-state index in [1.807, 2.05) is 20.8 Å². The Morgan fingerprint density at radius 1 is 1.41 bits per heavy atom. The fourth-order valence-corrected chi connectivity index (χ4v) is 2.34. The van der Waals surface area contributed by atoms with E-state index in [0.717, 1.165) is 0 Å². The highest BCUT2D eigenvalue weighted by Gasteiger charge is 2.25. The van der Waals surface area contributed by atoms with E-state index >= 15 is 0 Å². The third-order valence-corrected chi connectivity index (χ3v) is 3.94. The molecule has 0 radical (unpaired) electrons. The predicted molar refractivity (Wildman–Crippen MR) is 65.5 cm³/mol. The Balaban J connectivity index is 3.18. The monoisotopic (exact) mass is 258 g/mol. The molecule has 0 aliphatic heterocycles. The Hall–Kier alpha value is -1.01. The zero-order valence-electron chi connectivity index (χ0n) is 10.6. The van der Waals surface area contributed by atoms with E-state index in [-0.39, 0.29) is 6.61 Å². The molecule has 17 heavy (non-hydrogen) atoms. The third kappa shape index (κ3) is 3.47. The van der Waals surface area contributed by atoms with Crippen molar-refractivity contribution >= 4 is 10.8 Å². The van der Waals surface area contributed by atoms with Gasteiger partial charge >= 0.3 is 0 Å². The number of aliphatic hydroxyl groups excluding tert-OH is 1. The third-order valence-electron chi connectivity index (χ3n) is 2.13. The van der Waals surface area contributed by atoms with Crippen LogP contribution < -0.4 is 4.74 Å². The maximum absolute atomic E-state index is 12.2. The van der Waals surface area contributed by atoms with Gasteiger partial charge in [0.15, 0.2) is 5.03 Å². The Morgan fingerprint density at radius 3 is 2.53 bits per heavy atom. The second-order valence-electron chi connectivity index (χ2n) is 4.57. The fraction of sp³-hybridized carbons (Fsp3) is 0.636. The molecule has 96 valence electrons. The summed E-state index contributed by atoms with van der Waals surface area (Å²) in [4.78, 5) is 0. The van der Waals surface area contributed by atoms with E-state index in [0.29, 0.717) is 22.9 Å². The summed E-state index contributed by atoms with van der Waals surface area (Å²) in [7, 11) is 0.229. The summed E-state index contributed by atoms with van der Waals surface area (Å²) in [5.74, 6) is 0.364. The highest BCUT2D eigenvalue weighted by Crippen LogP contribution is 2.23. The van der Waals surface area contributed by atoms with Gasteiger partial charge in [-0.3, -0.25) is 4.21 Å². The van der Waals surface area contributed by atoms with E-state index in [1.54, 1.807) is 6.07 Å². The van der Waals surface area contributed by atoms with Crippen molar-refractivity contribution in [1.29, 1.82) is 0 Å². The number of ether oxygens (including phenoxy) is 1. The molecule has 0 spiro atoms. The van der Waals surface area contributed by atoms with Crippen LogP contribution in [0.4, 0.5) is 0 Å². The highest BCUT2D eigenvalue weighted by atomic mass is 32.2. The van der Waals surface area contributed by atoms with E-state index in [1.165, 1.54) is 7.11 Å². The zero-order valence-corrected chi connectivity index (χ0v) is 11.4. The summed E-state index contributed by atoms with van der Waals surface area (Å²) >= 11 is 0. The lowest BCUT2D eigenvalue weighted by Crippen LogP contribution is -2.24. The average Bonchev–Trinajstić information content (AvgIpc) is 2.27. The Labute approximate surface area is 104 Å². The van der Waals surface area contributed by atoms with Gasteiger partial charge < -0.3 is 9.84 Å². The van der Waals surface area contributed by atoms with Crippen LogP contribution in [-0.4, -0.2) is 38.0 Å². The molecular formula is C11H18N2O3S. The molecule has 0 saturated carbocycles. The predicted octanol–water partition coefficient (Wildman–Crippen LogP) is 0.926. The molecule has 0 bridgehead atoms. The smallest absolute Gasteiger partial charge is 0.233 e. The van der Waals surface area contributed by atoms with Gasteiger partial charge in [-0.2, -0.15) is 0 Å². The molecular weight excluding hydrogens is 240 g/mol. The van der Waals surface area contributed by atoms with Gasteiger partial charge in [-0.1, -0.05) is 0 Å². The topological polar surface area (TPSA) is 72.3 Å². The summed E-state index contributed by atoms with van der Waals surface area (Å²) in [6.07, 6.45) is 0.392. The highest BCUT2D eigenvalue weighted by molar-refractivity contribution is 7.86. The van der Waals surface area contributed by atoms with Crippen molar-refractivity contribution in [2.45, 2.75) is 37.0 Å². The van der Waals surface area contributed by atoms with Crippen molar-refractivity contribution in [1.82, 2.24) is 10.2 Å². The molecule has 1 N–H and O–H groups in total. The molecule has 0 fully saturated rings. The Bertz CT molecular complexity index is 416. The average molecular weight is 258 g/mol. The second kappa shape index (κ2) is 5.55. The lowest BCUT2D eigenvalue weighted by molar-refractivity contribution is 0.297. The van der Waals surface area contributed by atoms with Crippen LogP contribution in [0, 0.1) is 0 Å². The standard InChI is InChI=1S/C11H18N2O3S/c1-11(2,3)17(15)10-8(5-6-14)7-9(16-4)12-13-10/h7,14H,5-6H2,1-4H3. The minimum Gasteiger partial charge on any atom is -0.480 e. The minimum absolute atomic E-state index is 0.0246. The van der Waals surface area contributed by atoms with E-state index in [9.17, 15) is 4.21 Å². The van der Waals surface area contributed by atoms with Crippen LogP contribution in [0.1, 0.15) is 26.3 Å². The van der Waals surface area contributed by atoms with Crippen LogP contribution in [0.5, 0.6) is 5.88 Å². The van der Waals surface area contributed by atoms with Crippen LogP contribution in [0.25, 0.3) is 0 Å². The number of methoxy groups -OCH3 is 1. The number of hydrogen-bond acceptors (Lipinski definition) is 5. The molecule has 1 unspecified atom stereocenters. The molecule has 1 atom stereocenters. The van der Waals surface area contributed by atoms with Crippen LogP contribution in [0.15, 0.2) is 11.1 Å². The summed E-state index contributed by atoms with van der Waals surface area (Å²) in [6, 6.07) is 1.67. The second-order valence-corrected chi connectivity index (χ2v) is 6.72. The van der Waals surface area contributed by atoms with Crippen LogP contribution in [0.2, 0.25) is 0 Å². The fourth-order valence-electron chi connectivity index (χ4n) is 1.24. The maximum atomic E-state index is 12.2. The zero-order chi connectivity index (χ0) is 13.1. The SMILES string of the molecule is COc1cc(CCO)c(S(=O)C(C)(C)C)nn1. The molecule has 0 saturated heterocycles. The van der Waals surface area contributed by atoms with Crippen molar-refractivity contribution in [2.24, 2.45) is 0 Å². The van der Waals surface area contributed by atoms with Gasteiger partial charge in [-0.25, -0.2) is 0 Å². The quantitative estimate of drug-likeness (QED) is 0.869. The van der Waals surface area contributed by atoms with Crippen molar-refractivity contribution in [3.8, 4) is 5.88 Å². The van der Waals surface area contributed by atoms with Gasteiger partial charge in [0.25, 0.3) is 0 Å². The normalized spacial score (nSPS) is 13.5. The molecule has 1 aromatic heterocycles. The first-order valence-corrected chi connectivity index (χ1v) is 6.48. The van der Waals surface area contributed by atoms with Gasteiger partial charge in [0.2, 0.25) is 5.88 Å². The number of nitrogens with zero attached hydrogens (tertiary/aromatic N) is 2. The van der Waals surface area contributed by atoms with E-state index in [4.69, 9.17) is 9.84 Å². The van der Waals surface area contributed by atoms with E-state index in [2.05, 4.69) is 10.2 Å². The van der Waals surface area contributed by atoms with Crippen molar-refractivity contribution < 1.29 is 14.1 Å². The number of hydrogen-bond donors (Lipinski definition) is 1. The number of aliphatic hydroxyl groups is 1. The summed E-state index contributed by atoms with van der Waals surface area (Å²) in [6.45, 7) is 5.59. The van der Waals surface area contributed by atoms with Crippen molar-refractivity contribution in [2.75, 3.05) is 13.7 Å². The minimum atomic E-state index is -1.26. The largest absolute Gasteiger partial charge is 0.480 e. The first-order chi connectivity index (χ1) is 7.90.